The Bertz CT molecular complexity index is 721. The number of ether oxygens (including phenoxy) is 1. The number of esters is 1. The zero-order chi connectivity index (χ0) is 19.0. The minimum Gasteiger partial charge on any atom is -0.469 e. The van der Waals surface area contributed by atoms with E-state index < -0.39 is 10.9 Å². The third-order valence-electron chi connectivity index (χ3n) is 3.49. The van der Waals surface area contributed by atoms with Crippen LogP contribution in [-0.4, -0.2) is 23.7 Å². The van der Waals surface area contributed by atoms with Crippen LogP contribution in [0.2, 0.25) is 0 Å². The van der Waals surface area contributed by atoms with E-state index in [0.29, 0.717) is 24.1 Å². The molecular weight excluding hydrogens is 344 g/mol. The Labute approximate surface area is 152 Å². The number of nitro benzene ring substituents is 1. The lowest BCUT2D eigenvalue weighted by atomic mass is 10.1. The molecule has 25 heavy (non-hydrogen) atoms. The second-order valence-corrected chi connectivity index (χ2v) is 5.84. The van der Waals surface area contributed by atoms with Crippen molar-refractivity contribution in [2.75, 3.05) is 7.11 Å². The second kappa shape index (κ2) is 9.74. The molecule has 0 radical (unpaired) electrons. The van der Waals surface area contributed by atoms with E-state index >= 15 is 0 Å². The molecular formula is C18H21ClN2O4. The number of nitro groups is 1. The van der Waals surface area contributed by atoms with Gasteiger partial charge in [-0.1, -0.05) is 37.2 Å². The summed E-state index contributed by atoms with van der Waals surface area (Å²) in [6.45, 7) is 7.46. The van der Waals surface area contributed by atoms with E-state index in [1.54, 1.807) is 12.1 Å². The fraction of sp³-hybridized carbons (Fsp3) is 0.333. The maximum Gasteiger partial charge on any atom is 0.310 e. The maximum absolute atomic E-state index is 11.6. The van der Waals surface area contributed by atoms with Gasteiger partial charge in [-0.15, -0.1) is 0 Å². The summed E-state index contributed by atoms with van der Waals surface area (Å²) in [6.07, 6.45) is 1.12. The van der Waals surface area contributed by atoms with Crippen molar-refractivity contribution in [1.82, 2.24) is 0 Å². The van der Waals surface area contributed by atoms with Gasteiger partial charge < -0.3 is 4.74 Å². The lowest BCUT2D eigenvalue weighted by molar-refractivity contribution is -0.384. The average molecular weight is 365 g/mol. The van der Waals surface area contributed by atoms with Crippen molar-refractivity contribution in [2.24, 2.45) is 4.99 Å². The third-order valence-corrected chi connectivity index (χ3v) is 3.72. The first-order valence-electron chi connectivity index (χ1n) is 7.69. The number of halogens is 1. The Morgan fingerprint density at radius 1 is 1.36 bits per heavy atom. The molecule has 1 rings (SSSR count). The van der Waals surface area contributed by atoms with Crippen LogP contribution in [0.5, 0.6) is 0 Å². The van der Waals surface area contributed by atoms with E-state index in [0.717, 1.165) is 11.3 Å². The van der Waals surface area contributed by atoms with Gasteiger partial charge in [-0.2, -0.15) is 0 Å². The molecule has 0 aromatic heterocycles. The highest BCUT2D eigenvalue weighted by molar-refractivity contribution is 6.31. The third kappa shape index (κ3) is 6.51. The quantitative estimate of drug-likeness (QED) is 0.222. The second-order valence-electron chi connectivity index (χ2n) is 5.38. The van der Waals surface area contributed by atoms with Gasteiger partial charge >= 0.3 is 5.97 Å². The molecule has 0 N–H and O–H groups in total. The number of methoxy groups -OCH3 is 1. The highest BCUT2D eigenvalue weighted by Crippen LogP contribution is 2.24. The monoisotopic (exact) mass is 364 g/mol. The minimum atomic E-state index is -0.437. The standard InChI is InChI=1S/C18H21ClN2O4/c1-5-17(16(13(3)19)11-18(22)25-4)20-12(2)10-14-6-8-15(9-7-14)21(23)24/h6-9H,3,5,10-11H2,1-2,4H3/b17-16-,20-12?. The molecule has 0 saturated heterocycles. The van der Waals surface area contributed by atoms with E-state index in [2.05, 4.69) is 16.3 Å². The van der Waals surface area contributed by atoms with Gasteiger partial charge in [-0.05, 0) is 18.9 Å². The van der Waals surface area contributed by atoms with Crippen molar-refractivity contribution in [3.05, 3.63) is 62.8 Å². The van der Waals surface area contributed by atoms with Crippen molar-refractivity contribution in [2.45, 2.75) is 33.1 Å². The molecule has 0 bridgehead atoms. The Morgan fingerprint density at radius 3 is 2.40 bits per heavy atom. The van der Waals surface area contributed by atoms with Crippen LogP contribution in [0.25, 0.3) is 0 Å². The number of non-ortho nitro benzene ring substituents is 1. The Hall–Kier alpha value is -2.47. The molecule has 0 atom stereocenters. The predicted molar refractivity (Wildman–Crippen MR) is 98.9 cm³/mol. The molecule has 0 heterocycles. The van der Waals surface area contributed by atoms with E-state index in [1.165, 1.54) is 19.2 Å². The first kappa shape index (κ1) is 20.6. The van der Waals surface area contributed by atoms with Gasteiger partial charge in [0.15, 0.2) is 0 Å². The van der Waals surface area contributed by atoms with Gasteiger partial charge in [0, 0.05) is 40.6 Å². The molecule has 1 aromatic carbocycles. The number of aliphatic imine (C=N–C) groups is 1. The van der Waals surface area contributed by atoms with Crippen molar-refractivity contribution in [3.63, 3.8) is 0 Å². The molecule has 134 valence electrons. The Kier molecular flexibility index (Phi) is 8.01. The van der Waals surface area contributed by atoms with Crippen LogP contribution in [0, 0.1) is 10.1 Å². The summed E-state index contributed by atoms with van der Waals surface area (Å²) in [5.41, 5.74) is 2.97. The van der Waals surface area contributed by atoms with Crippen molar-refractivity contribution in [1.29, 1.82) is 0 Å². The number of hydrogen-bond acceptors (Lipinski definition) is 5. The van der Waals surface area contributed by atoms with Crippen LogP contribution in [-0.2, 0) is 16.0 Å². The molecule has 0 unspecified atom stereocenters. The smallest absolute Gasteiger partial charge is 0.310 e. The van der Waals surface area contributed by atoms with Crippen LogP contribution in [0.3, 0.4) is 0 Å². The summed E-state index contributed by atoms with van der Waals surface area (Å²) in [4.78, 5) is 26.4. The summed E-state index contributed by atoms with van der Waals surface area (Å²) in [7, 11) is 1.31. The van der Waals surface area contributed by atoms with Crippen LogP contribution < -0.4 is 0 Å². The van der Waals surface area contributed by atoms with Crippen molar-refractivity contribution < 1.29 is 14.5 Å². The number of carbonyl (C=O) groups excluding carboxylic acids is 1. The summed E-state index contributed by atoms with van der Waals surface area (Å²) < 4.78 is 4.68. The van der Waals surface area contributed by atoms with E-state index in [4.69, 9.17) is 11.6 Å². The zero-order valence-corrected chi connectivity index (χ0v) is 15.3. The summed E-state index contributed by atoms with van der Waals surface area (Å²) in [5.74, 6) is -0.411. The first-order chi connectivity index (χ1) is 11.8. The van der Waals surface area contributed by atoms with Crippen molar-refractivity contribution >= 4 is 29.0 Å². The number of carbonyl (C=O) groups is 1. The molecule has 0 amide bonds. The number of hydrogen-bond donors (Lipinski definition) is 0. The molecule has 0 saturated carbocycles. The SMILES string of the molecule is C=C(Cl)/C(CC(=O)OC)=C(/CC)N=C(C)Cc1ccc([N+](=O)[O-])cc1. The van der Waals surface area contributed by atoms with E-state index in [9.17, 15) is 14.9 Å². The molecule has 0 fully saturated rings. The van der Waals surface area contributed by atoms with E-state index in [1.807, 2.05) is 13.8 Å². The molecule has 6 nitrogen and oxygen atoms in total. The van der Waals surface area contributed by atoms with Crippen LogP contribution >= 0.6 is 11.6 Å². The predicted octanol–water partition coefficient (Wildman–Crippen LogP) is 4.58. The Morgan fingerprint density at radius 2 is 1.96 bits per heavy atom. The van der Waals surface area contributed by atoms with Gasteiger partial charge in [-0.25, -0.2) is 0 Å². The highest BCUT2D eigenvalue weighted by atomic mass is 35.5. The minimum absolute atomic E-state index is 0.0102. The topological polar surface area (TPSA) is 81.8 Å². The molecule has 0 aliphatic carbocycles. The van der Waals surface area contributed by atoms with Crippen LogP contribution in [0.1, 0.15) is 32.3 Å². The number of rotatable bonds is 8. The lowest BCUT2D eigenvalue weighted by Crippen LogP contribution is -2.05. The summed E-state index contributed by atoms with van der Waals surface area (Å²) in [5, 5.41) is 10.9. The molecule has 1 aromatic rings. The maximum atomic E-state index is 11.6. The van der Waals surface area contributed by atoms with Gasteiger partial charge in [-0.3, -0.25) is 19.9 Å². The van der Waals surface area contributed by atoms with Crippen LogP contribution in [0.4, 0.5) is 5.69 Å². The van der Waals surface area contributed by atoms with Gasteiger partial charge in [0.05, 0.1) is 18.5 Å². The number of benzene rings is 1. The zero-order valence-electron chi connectivity index (χ0n) is 14.5. The average Bonchev–Trinajstić information content (AvgIpc) is 2.57. The van der Waals surface area contributed by atoms with Crippen LogP contribution in [0.15, 0.2) is 52.1 Å². The van der Waals surface area contributed by atoms with Crippen molar-refractivity contribution in [3.8, 4) is 0 Å². The normalized spacial score (nSPS) is 12.4. The molecule has 7 heteroatoms. The summed E-state index contributed by atoms with van der Waals surface area (Å²) in [6, 6.07) is 6.32. The van der Waals surface area contributed by atoms with Gasteiger partial charge in [0.25, 0.3) is 5.69 Å². The first-order valence-corrected chi connectivity index (χ1v) is 8.07. The van der Waals surface area contributed by atoms with E-state index in [-0.39, 0.29) is 17.1 Å². The highest BCUT2D eigenvalue weighted by Gasteiger charge is 2.13. The molecule has 0 aliphatic heterocycles. The van der Waals surface area contributed by atoms with Gasteiger partial charge in [0.2, 0.25) is 0 Å². The number of nitrogens with zero attached hydrogens (tertiary/aromatic N) is 2. The van der Waals surface area contributed by atoms with Gasteiger partial charge in [0.1, 0.15) is 0 Å². The fourth-order valence-corrected chi connectivity index (χ4v) is 2.41. The lowest BCUT2D eigenvalue weighted by Gasteiger charge is -2.10. The molecule has 0 aliphatic rings. The summed E-state index contributed by atoms with van der Waals surface area (Å²) >= 11 is 6.02. The fourth-order valence-electron chi connectivity index (χ4n) is 2.23. The largest absolute Gasteiger partial charge is 0.469 e. The molecule has 0 spiro atoms. The number of allylic oxidation sites excluding steroid dienone is 2. The Balaban J connectivity index is 3.05.